The second kappa shape index (κ2) is 5.70. The van der Waals surface area contributed by atoms with Gasteiger partial charge in [-0.15, -0.1) is 0 Å². The number of benzene rings is 2. The van der Waals surface area contributed by atoms with Gasteiger partial charge in [-0.2, -0.15) is 0 Å². The Labute approximate surface area is 126 Å². The third kappa shape index (κ3) is 2.62. The Bertz CT molecular complexity index is 589. The van der Waals surface area contributed by atoms with Gasteiger partial charge in [0.2, 0.25) is 0 Å². The molecule has 5 heteroatoms. The van der Waals surface area contributed by atoms with Crippen molar-refractivity contribution in [2.24, 2.45) is 5.73 Å². The van der Waals surface area contributed by atoms with E-state index >= 15 is 0 Å². The van der Waals surface area contributed by atoms with Crippen LogP contribution < -0.4 is 5.73 Å². The van der Waals surface area contributed by atoms with Gasteiger partial charge in [0.05, 0.1) is 11.1 Å². The van der Waals surface area contributed by atoms with E-state index in [0.717, 1.165) is 10.0 Å². The number of rotatable bonds is 2. The average Bonchev–Trinajstić information content (AvgIpc) is 2.36. The molecule has 2 aromatic carbocycles. The van der Waals surface area contributed by atoms with Gasteiger partial charge in [0.15, 0.2) is 0 Å². The first-order valence-electron chi connectivity index (χ1n) is 5.15. The molecule has 0 saturated carbocycles. The molecule has 0 fully saturated rings. The van der Waals surface area contributed by atoms with E-state index < -0.39 is 11.9 Å². The number of hydrogen-bond acceptors (Lipinski definition) is 1. The normalized spacial score (nSPS) is 12.5. The summed E-state index contributed by atoms with van der Waals surface area (Å²) in [6, 6.07) is 10.2. The van der Waals surface area contributed by atoms with Crippen LogP contribution in [0.3, 0.4) is 0 Å². The van der Waals surface area contributed by atoms with Crippen LogP contribution in [0.25, 0.3) is 0 Å². The maximum Gasteiger partial charge on any atom is 0.148 e. The maximum absolute atomic E-state index is 14.1. The molecule has 1 unspecified atom stereocenters. The van der Waals surface area contributed by atoms with Gasteiger partial charge in [-0.25, -0.2) is 4.39 Å². The molecular weight excluding hydrogens is 384 g/mol. The Morgan fingerprint density at radius 2 is 1.67 bits per heavy atom. The molecule has 0 spiro atoms. The highest BCUT2D eigenvalue weighted by molar-refractivity contribution is 9.10. The van der Waals surface area contributed by atoms with E-state index in [0.29, 0.717) is 10.0 Å². The van der Waals surface area contributed by atoms with Gasteiger partial charge in [0.25, 0.3) is 0 Å². The van der Waals surface area contributed by atoms with E-state index in [4.69, 9.17) is 17.3 Å². The van der Waals surface area contributed by atoms with E-state index in [-0.39, 0.29) is 5.02 Å². The highest BCUT2D eigenvalue weighted by atomic mass is 79.9. The van der Waals surface area contributed by atoms with E-state index in [1.54, 1.807) is 12.1 Å². The molecule has 0 heterocycles. The number of nitrogens with two attached hydrogens (primary N) is 1. The molecule has 0 bridgehead atoms. The Kier molecular flexibility index (Phi) is 4.43. The third-order valence-electron chi connectivity index (χ3n) is 2.64. The van der Waals surface area contributed by atoms with Crippen LogP contribution in [0.5, 0.6) is 0 Å². The van der Waals surface area contributed by atoms with Crippen LogP contribution in [0.1, 0.15) is 17.2 Å². The van der Waals surface area contributed by atoms with Crippen LogP contribution in [-0.2, 0) is 0 Å². The van der Waals surface area contributed by atoms with E-state index in [2.05, 4.69) is 31.9 Å². The molecule has 2 aromatic rings. The summed E-state index contributed by atoms with van der Waals surface area (Å²) in [6.45, 7) is 0. The van der Waals surface area contributed by atoms with Crippen molar-refractivity contribution in [1.29, 1.82) is 0 Å². The lowest BCUT2D eigenvalue weighted by Crippen LogP contribution is -2.14. The smallest absolute Gasteiger partial charge is 0.148 e. The van der Waals surface area contributed by atoms with E-state index in [9.17, 15) is 4.39 Å². The lowest BCUT2D eigenvalue weighted by molar-refractivity contribution is 0.599. The first kappa shape index (κ1) is 14.0. The lowest BCUT2D eigenvalue weighted by Gasteiger charge is -2.16. The maximum atomic E-state index is 14.1. The number of halogens is 4. The summed E-state index contributed by atoms with van der Waals surface area (Å²) >= 11 is 12.5. The summed E-state index contributed by atoms with van der Waals surface area (Å²) in [5.41, 5.74) is 7.28. The fourth-order valence-electron chi connectivity index (χ4n) is 1.68. The van der Waals surface area contributed by atoms with Crippen molar-refractivity contribution in [2.75, 3.05) is 0 Å². The zero-order chi connectivity index (χ0) is 13.3. The standard InChI is InChI=1S/C13H9Br2ClFN/c14-9-4-2-1-3-7(9)13(18)8-5-6-10(15)11(16)12(8)17/h1-6,13H,18H2. The summed E-state index contributed by atoms with van der Waals surface area (Å²) in [4.78, 5) is 0. The molecule has 0 aromatic heterocycles. The summed E-state index contributed by atoms with van der Waals surface area (Å²) in [7, 11) is 0. The Morgan fingerprint density at radius 1 is 1.00 bits per heavy atom. The minimum atomic E-state index is -0.564. The van der Waals surface area contributed by atoms with Crippen molar-refractivity contribution >= 4 is 43.5 Å². The van der Waals surface area contributed by atoms with Crippen LogP contribution in [0, 0.1) is 5.82 Å². The zero-order valence-corrected chi connectivity index (χ0v) is 13.1. The first-order valence-corrected chi connectivity index (χ1v) is 7.12. The monoisotopic (exact) mass is 391 g/mol. The van der Waals surface area contributed by atoms with Crippen molar-refractivity contribution in [2.45, 2.75) is 6.04 Å². The van der Waals surface area contributed by atoms with Gasteiger partial charge in [-0.1, -0.05) is 51.8 Å². The predicted octanol–water partition coefficient (Wildman–Crippen LogP) is 5.05. The summed E-state index contributed by atoms with van der Waals surface area (Å²) < 4.78 is 15.4. The highest BCUT2D eigenvalue weighted by Gasteiger charge is 2.18. The van der Waals surface area contributed by atoms with Crippen molar-refractivity contribution in [3.8, 4) is 0 Å². The van der Waals surface area contributed by atoms with Gasteiger partial charge in [-0.3, -0.25) is 0 Å². The molecule has 0 aliphatic carbocycles. The minimum absolute atomic E-state index is 0.0509. The topological polar surface area (TPSA) is 26.0 Å². The molecule has 1 nitrogen and oxygen atoms in total. The average molecular weight is 393 g/mol. The van der Waals surface area contributed by atoms with Crippen LogP contribution in [0.2, 0.25) is 5.02 Å². The molecule has 0 aliphatic rings. The second-order valence-corrected chi connectivity index (χ2v) is 5.85. The molecule has 0 radical (unpaired) electrons. The summed E-state index contributed by atoms with van der Waals surface area (Å²) in [6.07, 6.45) is 0. The largest absolute Gasteiger partial charge is 0.320 e. The first-order chi connectivity index (χ1) is 8.52. The molecule has 94 valence electrons. The quantitative estimate of drug-likeness (QED) is 0.710. The molecule has 2 N–H and O–H groups in total. The van der Waals surface area contributed by atoms with Gasteiger partial charge in [0, 0.05) is 14.5 Å². The predicted molar refractivity (Wildman–Crippen MR) is 79.3 cm³/mol. The molecule has 0 amide bonds. The molecule has 2 rings (SSSR count). The van der Waals surface area contributed by atoms with Crippen LogP contribution in [-0.4, -0.2) is 0 Å². The Hall–Kier alpha value is -0.420. The summed E-state index contributed by atoms with van der Waals surface area (Å²) in [5.74, 6) is -0.491. The molecular formula is C13H9Br2ClFN. The van der Waals surface area contributed by atoms with E-state index in [1.807, 2.05) is 24.3 Å². The van der Waals surface area contributed by atoms with Crippen LogP contribution in [0.4, 0.5) is 4.39 Å². The lowest BCUT2D eigenvalue weighted by atomic mass is 9.99. The zero-order valence-electron chi connectivity index (χ0n) is 9.13. The highest BCUT2D eigenvalue weighted by Crippen LogP contribution is 2.33. The van der Waals surface area contributed by atoms with Crippen LogP contribution >= 0.6 is 43.5 Å². The molecule has 1 atom stereocenters. The second-order valence-electron chi connectivity index (χ2n) is 3.76. The Morgan fingerprint density at radius 3 is 2.33 bits per heavy atom. The SMILES string of the molecule is NC(c1ccccc1Br)c1ccc(Br)c(Cl)c1F. The number of hydrogen-bond donors (Lipinski definition) is 1. The molecule has 0 aliphatic heterocycles. The van der Waals surface area contributed by atoms with Crippen molar-refractivity contribution in [1.82, 2.24) is 0 Å². The molecule has 0 saturated heterocycles. The van der Waals surface area contributed by atoms with Gasteiger partial charge >= 0.3 is 0 Å². The van der Waals surface area contributed by atoms with Gasteiger partial charge in [0.1, 0.15) is 5.82 Å². The Balaban J connectivity index is 2.50. The fourth-order valence-corrected chi connectivity index (χ4v) is 2.69. The minimum Gasteiger partial charge on any atom is -0.320 e. The van der Waals surface area contributed by atoms with Gasteiger partial charge < -0.3 is 5.73 Å². The molecule has 18 heavy (non-hydrogen) atoms. The van der Waals surface area contributed by atoms with Crippen LogP contribution in [0.15, 0.2) is 45.3 Å². The van der Waals surface area contributed by atoms with E-state index in [1.165, 1.54) is 0 Å². The summed E-state index contributed by atoms with van der Waals surface area (Å²) in [5, 5.41) is 0.0509. The fraction of sp³-hybridized carbons (Fsp3) is 0.0769. The van der Waals surface area contributed by atoms with Crippen molar-refractivity contribution < 1.29 is 4.39 Å². The third-order valence-corrected chi connectivity index (χ3v) is 4.62. The van der Waals surface area contributed by atoms with Crippen molar-refractivity contribution in [3.63, 3.8) is 0 Å². The van der Waals surface area contributed by atoms with Gasteiger partial charge in [-0.05, 0) is 33.6 Å². The van der Waals surface area contributed by atoms with Crippen molar-refractivity contribution in [3.05, 3.63) is 67.3 Å².